The number of nitrogens with one attached hydrogen (secondary N) is 3. The maximum atomic E-state index is 6.33. The molecule has 0 aliphatic carbocycles. The second-order valence-corrected chi connectivity index (χ2v) is 6.50. The summed E-state index contributed by atoms with van der Waals surface area (Å²) in [5.74, 6) is 0. The van der Waals surface area contributed by atoms with Gasteiger partial charge in [0.1, 0.15) is 0 Å². The predicted molar refractivity (Wildman–Crippen MR) is 109 cm³/mol. The first kappa shape index (κ1) is 16.5. The van der Waals surface area contributed by atoms with E-state index < -0.39 is 0 Å². The van der Waals surface area contributed by atoms with Crippen molar-refractivity contribution in [1.82, 2.24) is 9.97 Å². The van der Waals surface area contributed by atoms with Crippen LogP contribution in [0.15, 0.2) is 73.2 Å². The van der Waals surface area contributed by atoms with Crippen molar-refractivity contribution in [1.29, 1.82) is 0 Å². The van der Waals surface area contributed by atoms with Gasteiger partial charge in [-0.15, -0.1) is 0 Å². The molecular weight excluding hydrogens is 344 g/mol. The van der Waals surface area contributed by atoms with E-state index >= 15 is 0 Å². The van der Waals surface area contributed by atoms with Crippen LogP contribution in [-0.2, 0) is 6.42 Å². The standard InChI is InChI=1S/C21H19ClN4/c22-19-2-1-3-20-21(19)15(14-25-20)8-13-24-16-4-6-17(7-5-16)26-18-9-11-23-12-10-18/h1-7,9-12,14,24-25H,8,13H2,(H,23,26). The molecule has 0 aliphatic rings. The number of nitrogens with zero attached hydrogens (tertiary/aromatic N) is 1. The summed E-state index contributed by atoms with van der Waals surface area (Å²) in [5.41, 5.74) is 5.48. The van der Waals surface area contributed by atoms with E-state index in [1.165, 1.54) is 5.56 Å². The molecule has 0 radical (unpaired) electrons. The lowest BCUT2D eigenvalue weighted by molar-refractivity contribution is 1.03. The first-order valence-electron chi connectivity index (χ1n) is 8.55. The Kier molecular flexibility index (Phi) is 4.75. The van der Waals surface area contributed by atoms with Crippen molar-refractivity contribution in [2.24, 2.45) is 0 Å². The third-order valence-corrected chi connectivity index (χ3v) is 4.63. The fraction of sp³-hybridized carbons (Fsp3) is 0.0952. The molecule has 0 saturated heterocycles. The Morgan fingerprint density at radius 3 is 2.42 bits per heavy atom. The van der Waals surface area contributed by atoms with E-state index in [0.29, 0.717) is 0 Å². The molecule has 2 heterocycles. The van der Waals surface area contributed by atoms with E-state index in [1.54, 1.807) is 12.4 Å². The van der Waals surface area contributed by atoms with Crippen LogP contribution in [0.3, 0.4) is 0 Å². The number of pyridine rings is 1. The average molecular weight is 363 g/mol. The largest absolute Gasteiger partial charge is 0.385 e. The van der Waals surface area contributed by atoms with Gasteiger partial charge in [0, 0.05) is 53.1 Å². The molecule has 0 aliphatic heterocycles. The van der Waals surface area contributed by atoms with Crippen molar-refractivity contribution in [3.63, 3.8) is 0 Å². The number of aromatic amines is 1. The first-order valence-corrected chi connectivity index (χ1v) is 8.93. The topological polar surface area (TPSA) is 52.7 Å². The van der Waals surface area contributed by atoms with E-state index in [-0.39, 0.29) is 0 Å². The zero-order chi connectivity index (χ0) is 17.8. The minimum Gasteiger partial charge on any atom is -0.385 e. The smallest absolute Gasteiger partial charge is 0.0502 e. The quantitative estimate of drug-likeness (QED) is 0.417. The Balaban J connectivity index is 1.36. The third kappa shape index (κ3) is 3.65. The van der Waals surface area contributed by atoms with Crippen LogP contribution in [0, 0.1) is 0 Å². The summed E-state index contributed by atoms with van der Waals surface area (Å²) in [6, 6.07) is 18.1. The number of rotatable bonds is 6. The lowest BCUT2D eigenvalue weighted by Crippen LogP contribution is -2.04. The number of halogens is 1. The van der Waals surface area contributed by atoms with Crippen molar-refractivity contribution in [2.75, 3.05) is 17.2 Å². The van der Waals surface area contributed by atoms with Gasteiger partial charge >= 0.3 is 0 Å². The number of fused-ring (bicyclic) bond motifs is 1. The minimum absolute atomic E-state index is 0.797. The molecule has 0 fully saturated rings. The highest BCUT2D eigenvalue weighted by molar-refractivity contribution is 6.35. The molecule has 0 bridgehead atoms. The zero-order valence-corrected chi connectivity index (χ0v) is 14.9. The van der Waals surface area contributed by atoms with Crippen molar-refractivity contribution in [3.8, 4) is 0 Å². The molecule has 4 nitrogen and oxygen atoms in total. The number of aromatic nitrogens is 2. The normalized spacial score (nSPS) is 10.8. The van der Waals surface area contributed by atoms with Crippen molar-refractivity contribution in [2.45, 2.75) is 6.42 Å². The summed E-state index contributed by atoms with van der Waals surface area (Å²) in [6.07, 6.45) is 6.49. The monoisotopic (exact) mass is 362 g/mol. The molecule has 4 aromatic rings. The lowest BCUT2D eigenvalue weighted by atomic mass is 10.1. The molecule has 5 heteroatoms. The molecule has 0 atom stereocenters. The average Bonchev–Trinajstić information content (AvgIpc) is 3.09. The lowest BCUT2D eigenvalue weighted by Gasteiger charge is -2.09. The van der Waals surface area contributed by atoms with Gasteiger partial charge in [-0.05, 0) is 60.5 Å². The molecule has 2 aromatic carbocycles. The molecule has 0 saturated carbocycles. The number of anilines is 3. The summed E-state index contributed by atoms with van der Waals surface area (Å²) < 4.78 is 0. The number of H-pyrrole nitrogens is 1. The fourth-order valence-electron chi connectivity index (χ4n) is 3.02. The van der Waals surface area contributed by atoms with Gasteiger partial charge in [-0.25, -0.2) is 0 Å². The Labute approximate surface area is 157 Å². The minimum atomic E-state index is 0.797. The van der Waals surface area contributed by atoms with Gasteiger partial charge in [-0.1, -0.05) is 17.7 Å². The summed E-state index contributed by atoms with van der Waals surface area (Å²) >= 11 is 6.33. The van der Waals surface area contributed by atoms with Gasteiger partial charge in [-0.3, -0.25) is 4.98 Å². The summed E-state index contributed by atoms with van der Waals surface area (Å²) in [4.78, 5) is 7.30. The summed E-state index contributed by atoms with van der Waals surface area (Å²) in [6.45, 7) is 0.843. The maximum Gasteiger partial charge on any atom is 0.0502 e. The van der Waals surface area contributed by atoms with Crippen LogP contribution in [0.25, 0.3) is 10.9 Å². The Bertz CT molecular complexity index is 994. The zero-order valence-electron chi connectivity index (χ0n) is 14.2. The molecule has 2 aromatic heterocycles. The van der Waals surface area contributed by atoms with E-state index in [2.05, 4.69) is 44.9 Å². The molecule has 4 rings (SSSR count). The first-order chi connectivity index (χ1) is 12.8. The molecule has 3 N–H and O–H groups in total. The van der Waals surface area contributed by atoms with Gasteiger partial charge in [0.25, 0.3) is 0 Å². The van der Waals surface area contributed by atoms with Crippen molar-refractivity contribution >= 4 is 39.6 Å². The van der Waals surface area contributed by atoms with Gasteiger partial charge in [-0.2, -0.15) is 0 Å². The Hall–Kier alpha value is -2.98. The second-order valence-electron chi connectivity index (χ2n) is 6.09. The van der Waals surface area contributed by atoms with Crippen LogP contribution < -0.4 is 10.6 Å². The number of benzene rings is 2. The van der Waals surface area contributed by atoms with Gasteiger partial charge in [0.15, 0.2) is 0 Å². The Morgan fingerprint density at radius 1 is 0.885 bits per heavy atom. The predicted octanol–water partition coefficient (Wildman–Crippen LogP) is 5.61. The van der Waals surface area contributed by atoms with Crippen LogP contribution in [0.1, 0.15) is 5.56 Å². The van der Waals surface area contributed by atoms with Crippen LogP contribution in [-0.4, -0.2) is 16.5 Å². The fourth-order valence-corrected chi connectivity index (χ4v) is 3.32. The highest BCUT2D eigenvalue weighted by Crippen LogP contribution is 2.27. The molecule has 26 heavy (non-hydrogen) atoms. The molecule has 130 valence electrons. The highest BCUT2D eigenvalue weighted by Gasteiger charge is 2.06. The third-order valence-electron chi connectivity index (χ3n) is 4.31. The van der Waals surface area contributed by atoms with Crippen LogP contribution in [0.4, 0.5) is 17.1 Å². The number of hydrogen-bond donors (Lipinski definition) is 3. The van der Waals surface area contributed by atoms with Crippen molar-refractivity contribution in [3.05, 3.63) is 83.8 Å². The summed E-state index contributed by atoms with van der Waals surface area (Å²) in [5, 5.41) is 8.73. The Morgan fingerprint density at radius 2 is 1.62 bits per heavy atom. The van der Waals surface area contributed by atoms with Crippen LogP contribution in [0.5, 0.6) is 0 Å². The molecule has 0 unspecified atom stereocenters. The van der Waals surface area contributed by atoms with Crippen LogP contribution in [0.2, 0.25) is 5.02 Å². The van der Waals surface area contributed by atoms with E-state index in [9.17, 15) is 0 Å². The maximum absolute atomic E-state index is 6.33. The van der Waals surface area contributed by atoms with E-state index in [0.717, 1.165) is 46.0 Å². The van der Waals surface area contributed by atoms with E-state index in [4.69, 9.17) is 11.6 Å². The van der Waals surface area contributed by atoms with Gasteiger partial charge in [0.2, 0.25) is 0 Å². The molecule has 0 spiro atoms. The van der Waals surface area contributed by atoms with Gasteiger partial charge < -0.3 is 15.6 Å². The molecular formula is C21H19ClN4. The molecule has 0 amide bonds. The highest BCUT2D eigenvalue weighted by atomic mass is 35.5. The SMILES string of the molecule is Clc1cccc2[nH]cc(CCNc3ccc(Nc4ccncc4)cc3)c12. The van der Waals surface area contributed by atoms with Crippen molar-refractivity contribution < 1.29 is 0 Å². The number of hydrogen-bond acceptors (Lipinski definition) is 3. The summed E-state index contributed by atoms with van der Waals surface area (Å²) in [7, 11) is 0. The van der Waals surface area contributed by atoms with E-state index in [1.807, 2.05) is 36.5 Å². The second kappa shape index (κ2) is 7.50. The van der Waals surface area contributed by atoms with Crippen LogP contribution >= 0.6 is 11.6 Å². The van der Waals surface area contributed by atoms with Gasteiger partial charge in [0.05, 0.1) is 5.02 Å².